The van der Waals surface area contributed by atoms with Crippen LogP contribution in [0, 0.1) is 6.92 Å². The number of halogens is 1. The molecule has 0 spiro atoms. The van der Waals surface area contributed by atoms with Crippen LogP contribution >= 0.6 is 15.9 Å². The second-order valence-corrected chi connectivity index (χ2v) is 4.24. The molecule has 0 fully saturated rings. The van der Waals surface area contributed by atoms with Crippen LogP contribution in [0.3, 0.4) is 0 Å². The molecule has 2 heteroatoms. The van der Waals surface area contributed by atoms with Crippen molar-refractivity contribution in [2.24, 2.45) is 0 Å². The molecule has 70 valence electrons. The fourth-order valence-electron chi connectivity index (χ4n) is 1.09. The lowest BCUT2D eigenvalue weighted by molar-refractivity contribution is 1.21. The lowest BCUT2D eigenvalue weighted by atomic mass is 10.2. The number of hydrogen-bond donors (Lipinski definition) is 1. The smallest absolute Gasteiger partial charge is 0.0356 e. The van der Waals surface area contributed by atoms with Gasteiger partial charge in [-0.3, -0.25) is 0 Å². The van der Waals surface area contributed by atoms with Crippen molar-refractivity contribution in [1.29, 1.82) is 0 Å². The zero-order valence-electron chi connectivity index (χ0n) is 8.02. The number of rotatable bonds is 3. The van der Waals surface area contributed by atoms with Crippen LogP contribution in [0.5, 0.6) is 0 Å². The van der Waals surface area contributed by atoms with Gasteiger partial charge in [0.05, 0.1) is 0 Å². The van der Waals surface area contributed by atoms with Gasteiger partial charge in [-0.2, -0.15) is 0 Å². The summed E-state index contributed by atoms with van der Waals surface area (Å²) in [4.78, 5) is 0. The number of hydrogen-bond acceptors (Lipinski definition) is 1. The minimum Gasteiger partial charge on any atom is -0.381 e. The second-order valence-electron chi connectivity index (χ2n) is 3.33. The van der Waals surface area contributed by atoms with Crippen LogP contribution in [0.15, 0.2) is 34.8 Å². The first kappa shape index (κ1) is 10.3. The highest BCUT2D eigenvalue weighted by molar-refractivity contribution is 9.10. The van der Waals surface area contributed by atoms with E-state index in [1.165, 1.54) is 5.56 Å². The lowest BCUT2D eigenvalue weighted by Crippen LogP contribution is -2.01. The van der Waals surface area contributed by atoms with Gasteiger partial charge in [-0.05, 0) is 37.6 Å². The van der Waals surface area contributed by atoms with Gasteiger partial charge in [-0.1, -0.05) is 28.1 Å². The third-order valence-electron chi connectivity index (χ3n) is 1.64. The van der Waals surface area contributed by atoms with E-state index in [1.54, 1.807) is 0 Å². The molecule has 0 aliphatic heterocycles. The fourth-order valence-corrected chi connectivity index (χ4v) is 1.70. The zero-order chi connectivity index (χ0) is 9.84. The molecule has 1 aromatic carbocycles. The Morgan fingerprint density at radius 3 is 2.69 bits per heavy atom. The summed E-state index contributed by atoms with van der Waals surface area (Å²) in [5.41, 5.74) is 3.52. The normalized spacial score (nSPS) is 9.77. The van der Waals surface area contributed by atoms with E-state index in [0.29, 0.717) is 0 Å². The molecule has 0 aliphatic carbocycles. The quantitative estimate of drug-likeness (QED) is 0.793. The monoisotopic (exact) mass is 239 g/mol. The summed E-state index contributed by atoms with van der Waals surface area (Å²) in [5.74, 6) is 0. The molecule has 0 unspecified atom stereocenters. The lowest BCUT2D eigenvalue weighted by Gasteiger charge is -2.07. The standard InChI is InChI=1S/C11H14BrN/c1-8(2)7-13-11-5-9(3)4-10(12)6-11/h4-6,13H,1,7H2,2-3H3. The zero-order valence-corrected chi connectivity index (χ0v) is 9.61. The summed E-state index contributed by atoms with van der Waals surface area (Å²) in [7, 11) is 0. The highest BCUT2D eigenvalue weighted by atomic mass is 79.9. The molecule has 0 amide bonds. The maximum Gasteiger partial charge on any atom is 0.0356 e. The van der Waals surface area contributed by atoms with Crippen LogP contribution in [0.4, 0.5) is 5.69 Å². The van der Waals surface area contributed by atoms with Crippen molar-refractivity contribution in [3.05, 3.63) is 40.4 Å². The van der Waals surface area contributed by atoms with Gasteiger partial charge in [0.25, 0.3) is 0 Å². The van der Waals surface area contributed by atoms with E-state index in [4.69, 9.17) is 0 Å². The van der Waals surface area contributed by atoms with Crippen molar-refractivity contribution in [2.75, 3.05) is 11.9 Å². The van der Waals surface area contributed by atoms with Gasteiger partial charge in [0.2, 0.25) is 0 Å². The van der Waals surface area contributed by atoms with Gasteiger partial charge < -0.3 is 5.32 Å². The average Bonchev–Trinajstić information content (AvgIpc) is 1.99. The Kier molecular flexibility index (Phi) is 3.55. The van der Waals surface area contributed by atoms with Crippen molar-refractivity contribution in [1.82, 2.24) is 0 Å². The summed E-state index contributed by atoms with van der Waals surface area (Å²) in [6.45, 7) is 8.76. The van der Waals surface area contributed by atoms with E-state index in [1.807, 2.05) is 6.92 Å². The Morgan fingerprint density at radius 1 is 1.46 bits per heavy atom. The highest BCUT2D eigenvalue weighted by Crippen LogP contribution is 2.18. The van der Waals surface area contributed by atoms with Gasteiger partial charge in [-0.15, -0.1) is 0 Å². The SMILES string of the molecule is C=C(C)CNc1cc(C)cc(Br)c1. The van der Waals surface area contributed by atoms with Crippen molar-refractivity contribution in [2.45, 2.75) is 13.8 Å². The predicted octanol–water partition coefficient (Wildman–Crippen LogP) is 3.75. The predicted molar refractivity (Wildman–Crippen MR) is 62.2 cm³/mol. The third-order valence-corrected chi connectivity index (χ3v) is 2.09. The molecule has 13 heavy (non-hydrogen) atoms. The van der Waals surface area contributed by atoms with Crippen LogP contribution in [0.1, 0.15) is 12.5 Å². The van der Waals surface area contributed by atoms with E-state index >= 15 is 0 Å². The second kappa shape index (κ2) is 4.47. The molecule has 0 saturated carbocycles. The fraction of sp³-hybridized carbons (Fsp3) is 0.273. The summed E-state index contributed by atoms with van der Waals surface area (Å²) in [6.07, 6.45) is 0. The molecule has 0 atom stereocenters. The minimum atomic E-state index is 0.829. The Balaban J connectivity index is 2.71. The largest absolute Gasteiger partial charge is 0.381 e. The summed E-state index contributed by atoms with van der Waals surface area (Å²) < 4.78 is 1.11. The molecule has 1 aromatic rings. The highest BCUT2D eigenvalue weighted by Gasteiger charge is 1.95. The Morgan fingerprint density at radius 2 is 2.15 bits per heavy atom. The summed E-state index contributed by atoms with van der Waals surface area (Å²) in [5, 5.41) is 3.30. The molecule has 1 nitrogen and oxygen atoms in total. The first-order valence-electron chi connectivity index (χ1n) is 4.23. The van der Waals surface area contributed by atoms with E-state index in [2.05, 4.69) is 52.9 Å². The van der Waals surface area contributed by atoms with Crippen molar-refractivity contribution in [3.63, 3.8) is 0 Å². The van der Waals surface area contributed by atoms with Gasteiger partial charge >= 0.3 is 0 Å². The van der Waals surface area contributed by atoms with Crippen LogP contribution in [-0.4, -0.2) is 6.54 Å². The van der Waals surface area contributed by atoms with Gasteiger partial charge in [-0.25, -0.2) is 0 Å². The molecule has 1 N–H and O–H groups in total. The number of aryl methyl sites for hydroxylation is 1. The number of benzene rings is 1. The van der Waals surface area contributed by atoms with E-state index in [-0.39, 0.29) is 0 Å². The Hall–Kier alpha value is -0.760. The molecule has 0 radical (unpaired) electrons. The first-order chi connectivity index (χ1) is 6.08. The van der Waals surface area contributed by atoms with Gasteiger partial charge in [0.1, 0.15) is 0 Å². The Bertz CT molecular complexity index is 298. The van der Waals surface area contributed by atoms with E-state index < -0.39 is 0 Å². The van der Waals surface area contributed by atoms with Crippen LogP contribution in [0.2, 0.25) is 0 Å². The average molecular weight is 240 g/mol. The third kappa shape index (κ3) is 3.64. The molecule has 0 bridgehead atoms. The van der Waals surface area contributed by atoms with Crippen LogP contribution in [0.25, 0.3) is 0 Å². The minimum absolute atomic E-state index is 0.829. The van der Waals surface area contributed by atoms with Crippen LogP contribution in [-0.2, 0) is 0 Å². The van der Waals surface area contributed by atoms with E-state index in [0.717, 1.165) is 22.3 Å². The molecule has 1 rings (SSSR count). The van der Waals surface area contributed by atoms with Crippen LogP contribution < -0.4 is 5.32 Å². The molecular formula is C11H14BrN. The molecule has 0 aromatic heterocycles. The van der Waals surface area contributed by atoms with Gasteiger partial charge in [0.15, 0.2) is 0 Å². The Labute approximate surface area is 88.0 Å². The van der Waals surface area contributed by atoms with Crippen molar-refractivity contribution >= 4 is 21.6 Å². The van der Waals surface area contributed by atoms with Crippen molar-refractivity contribution in [3.8, 4) is 0 Å². The molecular weight excluding hydrogens is 226 g/mol. The van der Waals surface area contributed by atoms with Gasteiger partial charge in [0, 0.05) is 16.7 Å². The molecule has 0 aliphatic rings. The van der Waals surface area contributed by atoms with Crippen molar-refractivity contribution < 1.29 is 0 Å². The number of anilines is 1. The molecule has 0 saturated heterocycles. The molecule has 0 heterocycles. The summed E-state index contributed by atoms with van der Waals surface area (Å²) in [6, 6.07) is 6.27. The first-order valence-corrected chi connectivity index (χ1v) is 5.02. The summed E-state index contributed by atoms with van der Waals surface area (Å²) >= 11 is 3.46. The topological polar surface area (TPSA) is 12.0 Å². The van der Waals surface area contributed by atoms with E-state index in [9.17, 15) is 0 Å². The number of nitrogens with one attached hydrogen (secondary N) is 1. The maximum absolute atomic E-state index is 3.84. The maximum atomic E-state index is 3.84.